The Morgan fingerprint density at radius 3 is 2.29 bits per heavy atom. The number of hydrogen-bond donors (Lipinski definition) is 1. The van der Waals surface area contributed by atoms with Gasteiger partial charge in [-0.25, -0.2) is 13.1 Å². The molecule has 0 aliphatic rings. The van der Waals surface area contributed by atoms with Gasteiger partial charge in [0.2, 0.25) is 10.0 Å². The van der Waals surface area contributed by atoms with Gasteiger partial charge in [0.1, 0.15) is 0 Å². The van der Waals surface area contributed by atoms with Crippen LogP contribution in [-0.2, 0) is 10.0 Å². The predicted molar refractivity (Wildman–Crippen MR) is 92.5 cm³/mol. The second-order valence-electron chi connectivity index (χ2n) is 5.91. The molecule has 0 fully saturated rings. The minimum Gasteiger partial charge on any atom is -0.258 e. The molecule has 7 heteroatoms. The molecule has 0 unspecified atom stereocenters. The number of nitro benzene ring substituents is 1. The monoisotopic (exact) mass is 348 g/mol. The molecule has 0 aromatic heterocycles. The number of aryl methyl sites for hydroxylation is 3. The second-order valence-corrected chi connectivity index (χ2v) is 7.62. The molecule has 0 aliphatic heterocycles. The first-order valence-electron chi connectivity index (χ1n) is 7.46. The smallest absolute Gasteiger partial charge is 0.258 e. The first-order valence-corrected chi connectivity index (χ1v) is 8.94. The van der Waals surface area contributed by atoms with Gasteiger partial charge in [0.15, 0.2) is 0 Å². The molecule has 128 valence electrons. The zero-order valence-electron chi connectivity index (χ0n) is 14.0. The van der Waals surface area contributed by atoms with Crippen LogP contribution in [0.5, 0.6) is 0 Å². The Balaban J connectivity index is 2.34. The highest BCUT2D eigenvalue weighted by Gasteiger charge is 2.22. The molecule has 0 spiro atoms. The van der Waals surface area contributed by atoms with Crippen LogP contribution in [0.1, 0.15) is 35.2 Å². The third-order valence-electron chi connectivity index (χ3n) is 3.91. The van der Waals surface area contributed by atoms with Crippen LogP contribution in [0.2, 0.25) is 0 Å². The Hall–Kier alpha value is -2.25. The molecule has 0 radical (unpaired) electrons. The van der Waals surface area contributed by atoms with Gasteiger partial charge in [-0.1, -0.05) is 29.8 Å². The fourth-order valence-electron chi connectivity index (χ4n) is 2.63. The Kier molecular flexibility index (Phi) is 5.05. The first-order chi connectivity index (χ1) is 11.1. The summed E-state index contributed by atoms with van der Waals surface area (Å²) in [4.78, 5) is 10.3. The highest BCUT2D eigenvalue weighted by atomic mass is 32.2. The van der Waals surface area contributed by atoms with Crippen LogP contribution in [0.25, 0.3) is 0 Å². The second kappa shape index (κ2) is 6.70. The summed E-state index contributed by atoms with van der Waals surface area (Å²) in [5.74, 6) is 0. The Morgan fingerprint density at radius 1 is 1.04 bits per heavy atom. The van der Waals surface area contributed by atoms with Crippen LogP contribution in [0.15, 0.2) is 41.3 Å². The molecule has 0 saturated carbocycles. The molecule has 1 N–H and O–H groups in total. The van der Waals surface area contributed by atoms with E-state index in [1.54, 1.807) is 13.8 Å². The molecule has 2 aromatic carbocycles. The van der Waals surface area contributed by atoms with Gasteiger partial charge >= 0.3 is 0 Å². The van der Waals surface area contributed by atoms with Crippen LogP contribution in [0, 0.1) is 30.9 Å². The maximum atomic E-state index is 12.5. The van der Waals surface area contributed by atoms with Gasteiger partial charge in [-0.05, 0) is 44.9 Å². The van der Waals surface area contributed by atoms with Gasteiger partial charge < -0.3 is 0 Å². The van der Waals surface area contributed by atoms with Gasteiger partial charge in [0.25, 0.3) is 5.69 Å². The van der Waals surface area contributed by atoms with Crippen LogP contribution in [-0.4, -0.2) is 13.3 Å². The van der Waals surface area contributed by atoms with Crippen molar-refractivity contribution in [2.45, 2.75) is 38.6 Å². The molecular formula is C17H20N2O4S. The summed E-state index contributed by atoms with van der Waals surface area (Å²) in [5, 5.41) is 11.0. The van der Waals surface area contributed by atoms with Crippen molar-refractivity contribution in [3.63, 3.8) is 0 Å². The highest BCUT2D eigenvalue weighted by molar-refractivity contribution is 7.89. The summed E-state index contributed by atoms with van der Waals surface area (Å²) in [6.45, 7) is 7.21. The number of nitro groups is 1. The van der Waals surface area contributed by atoms with Gasteiger partial charge in [-0.15, -0.1) is 0 Å². The summed E-state index contributed by atoms with van der Waals surface area (Å²) in [6, 6.07) is 9.24. The molecule has 0 saturated heterocycles. The summed E-state index contributed by atoms with van der Waals surface area (Å²) in [5.41, 5.74) is 3.16. The van der Waals surface area contributed by atoms with Crippen LogP contribution in [0.4, 0.5) is 5.69 Å². The van der Waals surface area contributed by atoms with Crippen LogP contribution in [0.3, 0.4) is 0 Å². The molecule has 2 rings (SSSR count). The number of nitrogens with one attached hydrogen (secondary N) is 1. The van der Waals surface area contributed by atoms with E-state index in [0.29, 0.717) is 5.56 Å². The summed E-state index contributed by atoms with van der Waals surface area (Å²) in [6.07, 6.45) is 0. The summed E-state index contributed by atoms with van der Waals surface area (Å²) >= 11 is 0. The lowest BCUT2D eigenvalue weighted by Crippen LogP contribution is -2.27. The van der Waals surface area contributed by atoms with E-state index >= 15 is 0 Å². The van der Waals surface area contributed by atoms with Crippen molar-refractivity contribution in [1.82, 2.24) is 4.72 Å². The van der Waals surface area contributed by atoms with Crippen molar-refractivity contribution in [2.24, 2.45) is 0 Å². The maximum Gasteiger partial charge on any atom is 0.273 e. The third kappa shape index (κ3) is 3.80. The Bertz CT molecular complexity index is 891. The van der Waals surface area contributed by atoms with Crippen LogP contribution >= 0.6 is 0 Å². The SMILES string of the molecule is Cc1ccc([C@@H](C)NS(=O)(=O)c2ccc(C)c([N+](=O)[O-])c2)c(C)c1. The largest absolute Gasteiger partial charge is 0.273 e. The zero-order chi connectivity index (χ0) is 18.1. The first kappa shape index (κ1) is 18.1. The van der Waals surface area contributed by atoms with E-state index < -0.39 is 21.0 Å². The molecule has 0 aliphatic carbocycles. The van der Waals surface area contributed by atoms with Gasteiger partial charge in [0, 0.05) is 17.7 Å². The molecule has 0 heterocycles. The number of sulfonamides is 1. The lowest BCUT2D eigenvalue weighted by atomic mass is 10.0. The van der Waals surface area contributed by atoms with Crippen LogP contribution < -0.4 is 4.72 Å². The average Bonchev–Trinajstić information content (AvgIpc) is 2.46. The fourth-order valence-corrected chi connectivity index (χ4v) is 3.87. The Labute approximate surface area is 141 Å². The number of benzene rings is 2. The quantitative estimate of drug-likeness (QED) is 0.661. The number of nitrogens with zero attached hydrogens (tertiary/aromatic N) is 1. The van der Waals surface area contributed by atoms with Crippen molar-refractivity contribution < 1.29 is 13.3 Å². The van der Waals surface area contributed by atoms with E-state index in [2.05, 4.69) is 4.72 Å². The van der Waals surface area contributed by atoms with Gasteiger partial charge in [0.05, 0.1) is 9.82 Å². The molecule has 24 heavy (non-hydrogen) atoms. The van der Waals surface area contributed by atoms with Gasteiger partial charge in [-0.2, -0.15) is 0 Å². The Morgan fingerprint density at radius 2 is 1.71 bits per heavy atom. The van der Waals surface area contributed by atoms with E-state index in [1.807, 2.05) is 32.0 Å². The lowest BCUT2D eigenvalue weighted by Gasteiger charge is -2.17. The van der Waals surface area contributed by atoms with Crippen molar-refractivity contribution in [2.75, 3.05) is 0 Å². The zero-order valence-corrected chi connectivity index (χ0v) is 14.8. The average molecular weight is 348 g/mol. The predicted octanol–water partition coefficient (Wildman–Crippen LogP) is 3.56. The fraction of sp³-hybridized carbons (Fsp3) is 0.294. The minimum absolute atomic E-state index is 0.114. The third-order valence-corrected chi connectivity index (χ3v) is 5.45. The molecule has 1 atom stereocenters. The molecule has 0 bridgehead atoms. The maximum absolute atomic E-state index is 12.5. The van der Waals surface area contributed by atoms with E-state index in [-0.39, 0.29) is 10.6 Å². The standard InChI is InChI=1S/C17H20N2O4S/c1-11-5-8-16(13(3)9-11)14(4)18-24(22,23)15-7-6-12(2)17(10-15)19(20)21/h5-10,14,18H,1-4H3/t14-/m1/s1. The van der Waals surface area contributed by atoms with E-state index in [9.17, 15) is 18.5 Å². The molecule has 2 aromatic rings. The van der Waals surface area contributed by atoms with E-state index in [1.165, 1.54) is 12.1 Å². The molecular weight excluding hydrogens is 328 g/mol. The summed E-state index contributed by atoms with van der Waals surface area (Å²) in [7, 11) is -3.86. The minimum atomic E-state index is -3.86. The number of hydrogen-bond acceptors (Lipinski definition) is 4. The topological polar surface area (TPSA) is 89.3 Å². The van der Waals surface area contributed by atoms with Crippen molar-refractivity contribution in [1.29, 1.82) is 0 Å². The summed E-state index contributed by atoms with van der Waals surface area (Å²) < 4.78 is 27.7. The van der Waals surface area contributed by atoms with Crippen molar-refractivity contribution >= 4 is 15.7 Å². The normalized spacial score (nSPS) is 12.8. The van der Waals surface area contributed by atoms with Gasteiger partial charge in [-0.3, -0.25) is 10.1 Å². The molecule has 6 nitrogen and oxygen atoms in total. The van der Waals surface area contributed by atoms with E-state index in [4.69, 9.17) is 0 Å². The molecule has 0 amide bonds. The highest BCUT2D eigenvalue weighted by Crippen LogP contribution is 2.25. The lowest BCUT2D eigenvalue weighted by molar-refractivity contribution is -0.385. The van der Waals surface area contributed by atoms with Crippen molar-refractivity contribution in [3.05, 3.63) is 68.8 Å². The van der Waals surface area contributed by atoms with Crippen molar-refractivity contribution in [3.8, 4) is 0 Å². The number of rotatable bonds is 5. The van der Waals surface area contributed by atoms with E-state index in [0.717, 1.165) is 22.8 Å².